The molecule has 1 aromatic heterocycles. The highest BCUT2D eigenvalue weighted by molar-refractivity contribution is 6.53. The molecule has 0 aliphatic carbocycles. The third kappa shape index (κ3) is 6.64. The minimum atomic E-state index is -1.09. The molecule has 2 rings (SSSR count). The molecule has 174 valence electrons. The molecule has 2 N–H and O–H groups in total. The number of carbonyl (C=O) groups is 3. The number of aromatic carboxylic acids is 1. The van der Waals surface area contributed by atoms with Crippen LogP contribution in [0.15, 0.2) is 42.6 Å². The number of nitrogens with zero attached hydrogens (tertiary/aromatic N) is 3. The number of nitrogens with one attached hydrogen (secondary N) is 1. The zero-order valence-corrected chi connectivity index (χ0v) is 20.1. The Labute approximate surface area is 198 Å². The molecular weight excluding hydrogens is 455 g/mol. The van der Waals surface area contributed by atoms with Crippen molar-refractivity contribution in [3.05, 3.63) is 54.4 Å². The Bertz CT molecular complexity index is 921. The van der Waals surface area contributed by atoms with E-state index in [-0.39, 0.29) is 34.8 Å². The first-order valence-electron chi connectivity index (χ1n) is 9.79. The second-order valence-corrected chi connectivity index (χ2v) is 8.65. The second kappa shape index (κ2) is 11.8. The van der Waals surface area contributed by atoms with Crippen LogP contribution in [-0.4, -0.2) is 62.1 Å². The number of carboxylic acid groups (broad SMARTS) is 1. The molecule has 2 heterocycles. The highest BCUT2D eigenvalue weighted by Gasteiger charge is 2.43. The number of alkyl halides is 2. The van der Waals surface area contributed by atoms with Crippen LogP contribution >= 0.6 is 23.2 Å². The molecule has 1 atom stereocenters. The van der Waals surface area contributed by atoms with E-state index in [1.54, 1.807) is 32.2 Å². The lowest BCUT2D eigenvalue weighted by Gasteiger charge is -2.21. The Balaban J connectivity index is 0.000000368. The second-order valence-electron chi connectivity index (χ2n) is 7.55. The zero-order chi connectivity index (χ0) is 24.6. The number of rotatable bonds is 8. The number of amides is 2. The largest absolute Gasteiger partial charge is 0.478 e. The van der Waals surface area contributed by atoms with Gasteiger partial charge in [-0.15, -0.1) is 13.2 Å². The van der Waals surface area contributed by atoms with E-state index >= 15 is 0 Å². The van der Waals surface area contributed by atoms with Crippen LogP contribution in [0, 0.1) is 12.8 Å². The van der Waals surface area contributed by atoms with E-state index in [4.69, 9.17) is 23.2 Å². The summed E-state index contributed by atoms with van der Waals surface area (Å²) in [6.07, 6.45) is 4.77. The lowest BCUT2D eigenvalue weighted by atomic mass is 9.89. The van der Waals surface area contributed by atoms with Gasteiger partial charge in [0.05, 0.1) is 5.56 Å². The number of carbonyl (C=O) groups excluding carboxylic acids is 2. The molecule has 1 aliphatic heterocycles. The Hall–Kier alpha value is -2.71. The van der Waals surface area contributed by atoms with E-state index in [9.17, 15) is 19.5 Å². The minimum absolute atomic E-state index is 0.00118. The van der Waals surface area contributed by atoms with Crippen LogP contribution in [0.2, 0.25) is 0 Å². The maximum Gasteiger partial charge on any atom is 0.338 e. The summed E-state index contributed by atoms with van der Waals surface area (Å²) in [5, 5.41) is 11.9. The summed E-state index contributed by atoms with van der Waals surface area (Å²) in [5.41, 5.74) is 0.0816. The lowest BCUT2D eigenvalue weighted by molar-refractivity contribution is -0.128. The van der Waals surface area contributed by atoms with Gasteiger partial charge in [-0.05, 0) is 31.4 Å². The molecular formula is C22H28Cl2N4O4. The van der Waals surface area contributed by atoms with Crippen LogP contribution in [0.1, 0.15) is 42.4 Å². The third-order valence-corrected chi connectivity index (χ3v) is 5.21. The van der Waals surface area contributed by atoms with Gasteiger partial charge in [0.2, 0.25) is 0 Å². The summed E-state index contributed by atoms with van der Waals surface area (Å²) in [7, 11) is 0. The van der Waals surface area contributed by atoms with Crippen molar-refractivity contribution in [3.63, 3.8) is 0 Å². The Morgan fingerprint density at radius 2 is 1.84 bits per heavy atom. The summed E-state index contributed by atoms with van der Waals surface area (Å²) in [4.78, 5) is 43.5. The molecule has 0 spiro atoms. The number of amidine groups is 1. The number of hydrogen-bond acceptors (Lipinski definition) is 5. The van der Waals surface area contributed by atoms with Crippen molar-refractivity contribution in [2.45, 2.75) is 38.1 Å². The summed E-state index contributed by atoms with van der Waals surface area (Å²) in [5.74, 6) is -1.42. The molecule has 1 aliphatic rings. The topological polar surface area (TPSA) is 112 Å². The Kier molecular flexibility index (Phi) is 10.1. The quantitative estimate of drug-likeness (QED) is 0.435. The zero-order valence-electron chi connectivity index (χ0n) is 18.6. The van der Waals surface area contributed by atoms with Crippen molar-refractivity contribution < 1.29 is 19.5 Å². The average molecular weight is 483 g/mol. The molecule has 1 unspecified atom stereocenters. The highest BCUT2D eigenvalue weighted by Crippen LogP contribution is 2.27. The van der Waals surface area contributed by atoms with Gasteiger partial charge in [0.1, 0.15) is 11.2 Å². The highest BCUT2D eigenvalue weighted by atomic mass is 35.5. The van der Waals surface area contributed by atoms with Crippen molar-refractivity contribution >= 4 is 46.8 Å². The maximum atomic E-state index is 12.1. The van der Waals surface area contributed by atoms with Gasteiger partial charge in [-0.1, -0.05) is 49.2 Å². The fraction of sp³-hybridized carbons (Fsp3) is 0.409. The van der Waals surface area contributed by atoms with Gasteiger partial charge in [0.15, 0.2) is 10.7 Å². The van der Waals surface area contributed by atoms with Crippen molar-refractivity contribution in [1.29, 1.82) is 0 Å². The molecule has 2 amide bonds. The monoisotopic (exact) mass is 482 g/mol. The van der Waals surface area contributed by atoms with Gasteiger partial charge >= 0.3 is 5.97 Å². The van der Waals surface area contributed by atoms with E-state index in [0.29, 0.717) is 13.1 Å². The fourth-order valence-corrected chi connectivity index (χ4v) is 2.95. The first-order chi connectivity index (χ1) is 14.9. The SMILES string of the molecule is C=CCN(CC=C)C(=O)C(Cl)Cl.Cc1cnc(C2=NC(C)(C(C)C)C(=O)N2)c(C(=O)O)c1. The molecule has 0 saturated heterocycles. The van der Waals surface area contributed by atoms with E-state index in [2.05, 4.69) is 28.5 Å². The Morgan fingerprint density at radius 1 is 1.28 bits per heavy atom. The number of aryl methyl sites for hydroxylation is 1. The van der Waals surface area contributed by atoms with Crippen LogP contribution < -0.4 is 5.32 Å². The summed E-state index contributed by atoms with van der Waals surface area (Å²) in [6.45, 7) is 15.2. The normalized spacial score (nSPS) is 17.2. The molecule has 0 radical (unpaired) electrons. The number of aliphatic imine (C=N–C) groups is 1. The fourth-order valence-electron chi connectivity index (χ4n) is 2.67. The van der Waals surface area contributed by atoms with Crippen LogP contribution in [0.4, 0.5) is 0 Å². The van der Waals surface area contributed by atoms with Crippen molar-refractivity contribution in [1.82, 2.24) is 15.2 Å². The van der Waals surface area contributed by atoms with Gasteiger partial charge < -0.3 is 15.3 Å². The van der Waals surface area contributed by atoms with Crippen molar-refractivity contribution in [2.24, 2.45) is 10.9 Å². The number of halogens is 2. The van der Waals surface area contributed by atoms with E-state index < -0.39 is 16.3 Å². The van der Waals surface area contributed by atoms with E-state index in [0.717, 1.165) is 5.56 Å². The average Bonchev–Trinajstić information content (AvgIpc) is 3.03. The molecule has 8 nitrogen and oxygen atoms in total. The first-order valence-corrected chi connectivity index (χ1v) is 10.7. The van der Waals surface area contributed by atoms with Crippen LogP contribution in [0.25, 0.3) is 0 Å². The molecule has 1 aromatic rings. The standard InChI is InChI=1S/C14H17N3O3.C8H11Cl2NO/c1-7(2)14(4)13(20)16-11(17-14)10-9(12(18)19)5-8(3)6-15-10;1-3-5-11(6-4-2)8(12)7(9)10/h5-7H,1-4H3,(H,18,19)(H,16,17,20);3-4,7H,1-2,5-6H2. The third-order valence-electron chi connectivity index (χ3n) is 4.84. The smallest absolute Gasteiger partial charge is 0.338 e. The summed E-state index contributed by atoms with van der Waals surface area (Å²) < 4.78 is 0. The first kappa shape index (κ1) is 27.3. The number of aromatic nitrogens is 1. The van der Waals surface area contributed by atoms with Crippen LogP contribution in [0.3, 0.4) is 0 Å². The van der Waals surface area contributed by atoms with Gasteiger partial charge in [-0.2, -0.15) is 0 Å². The van der Waals surface area contributed by atoms with Gasteiger partial charge in [-0.3, -0.25) is 14.6 Å². The van der Waals surface area contributed by atoms with Gasteiger partial charge in [0.25, 0.3) is 11.8 Å². The van der Waals surface area contributed by atoms with Crippen LogP contribution in [-0.2, 0) is 9.59 Å². The Morgan fingerprint density at radius 3 is 2.25 bits per heavy atom. The number of pyridine rings is 1. The number of hydrogen-bond donors (Lipinski definition) is 2. The van der Waals surface area contributed by atoms with Gasteiger partial charge in [-0.25, -0.2) is 9.79 Å². The molecule has 0 fully saturated rings. The van der Waals surface area contributed by atoms with Gasteiger partial charge in [0, 0.05) is 19.3 Å². The molecule has 0 saturated carbocycles. The maximum absolute atomic E-state index is 12.1. The van der Waals surface area contributed by atoms with Crippen molar-refractivity contribution in [2.75, 3.05) is 13.1 Å². The summed E-state index contributed by atoms with van der Waals surface area (Å²) >= 11 is 10.8. The molecule has 32 heavy (non-hydrogen) atoms. The predicted molar refractivity (Wildman–Crippen MR) is 126 cm³/mol. The lowest BCUT2D eigenvalue weighted by Crippen LogP contribution is -2.41. The molecule has 0 bridgehead atoms. The molecule has 10 heteroatoms. The summed E-state index contributed by atoms with van der Waals surface area (Å²) in [6, 6.07) is 1.52. The minimum Gasteiger partial charge on any atom is -0.478 e. The van der Waals surface area contributed by atoms with E-state index in [1.807, 2.05) is 13.8 Å². The predicted octanol–water partition coefficient (Wildman–Crippen LogP) is 3.37. The van der Waals surface area contributed by atoms with Crippen LogP contribution in [0.5, 0.6) is 0 Å². The number of carboxylic acids is 1. The van der Waals surface area contributed by atoms with Crippen molar-refractivity contribution in [3.8, 4) is 0 Å². The van der Waals surface area contributed by atoms with E-state index in [1.165, 1.54) is 11.0 Å². The molecule has 0 aromatic carbocycles.